The second kappa shape index (κ2) is 9.05. The highest BCUT2D eigenvalue weighted by molar-refractivity contribution is 6.06. The summed E-state index contributed by atoms with van der Waals surface area (Å²) in [6.45, 7) is 4.45. The molecule has 152 valence electrons. The van der Waals surface area contributed by atoms with Crippen LogP contribution in [0.4, 0.5) is 11.4 Å². The van der Waals surface area contributed by atoms with Crippen LogP contribution in [0, 0.1) is 0 Å². The Morgan fingerprint density at radius 2 is 1.72 bits per heavy atom. The summed E-state index contributed by atoms with van der Waals surface area (Å²) in [6, 6.07) is 11.0. The molecule has 3 heterocycles. The normalized spacial score (nSPS) is 17.1. The monoisotopic (exact) mass is 394 g/mol. The van der Waals surface area contributed by atoms with E-state index in [9.17, 15) is 9.59 Å². The van der Waals surface area contributed by atoms with Crippen LogP contribution < -0.4 is 10.2 Å². The van der Waals surface area contributed by atoms with Gasteiger partial charge in [0.2, 0.25) is 0 Å². The second-order valence-corrected chi connectivity index (χ2v) is 7.35. The van der Waals surface area contributed by atoms with Crippen LogP contribution in [0.1, 0.15) is 40.1 Å². The lowest BCUT2D eigenvalue weighted by Crippen LogP contribution is -2.36. The average Bonchev–Trinajstić information content (AvgIpc) is 2.80. The lowest BCUT2D eigenvalue weighted by Gasteiger charge is -2.30. The maximum Gasteiger partial charge on any atom is 0.274 e. The predicted molar refractivity (Wildman–Crippen MR) is 111 cm³/mol. The molecule has 0 radical (unpaired) electrons. The van der Waals surface area contributed by atoms with Gasteiger partial charge in [-0.2, -0.15) is 0 Å². The van der Waals surface area contributed by atoms with Gasteiger partial charge in [0, 0.05) is 37.9 Å². The molecule has 0 spiro atoms. The van der Waals surface area contributed by atoms with Crippen molar-refractivity contribution in [1.29, 1.82) is 0 Å². The Hall–Kier alpha value is -2.93. The molecule has 4 rings (SSSR count). The Kier molecular flexibility index (Phi) is 6.05. The topological polar surface area (TPSA) is 74.8 Å². The van der Waals surface area contributed by atoms with Crippen molar-refractivity contribution in [1.82, 2.24) is 9.88 Å². The van der Waals surface area contributed by atoms with E-state index in [1.165, 1.54) is 6.20 Å². The molecule has 0 atom stereocenters. The number of nitrogens with zero attached hydrogens (tertiary/aromatic N) is 3. The van der Waals surface area contributed by atoms with Crippen LogP contribution in [0.5, 0.6) is 0 Å². The standard InChI is InChI=1S/C22H26N4O3/c27-21(24-18-6-2-3-7-20(18)25-12-14-29-15-13-25)19-16-17(8-9-23-19)22(28)26-10-4-1-5-11-26/h2-3,6-9,16H,1,4-5,10-15H2,(H,24,27). The molecule has 2 aromatic rings. The zero-order valence-electron chi connectivity index (χ0n) is 16.5. The van der Waals surface area contributed by atoms with Crippen molar-refractivity contribution >= 4 is 23.2 Å². The zero-order chi connectivity index (χ0) is 20.1. The lowest BCUT2D eigenvalue weighted by molar-refractivity contribution is 0.0724. The Balaban J connectivity index is 1.50. The van der Waals surface area contributed by atoms with Crippen LogP contribution in [0.3, 0.4) is 0 Å². The van der Waals surface area contributed by atoms with Crippen LogP contribution in [-0.2, 0) is 4.74 Å². The summed E-state index contributed by atoms with van der Waals surface area (Å²) in [5, 5.41) is 2.96. The van der Waals surface area contributed by atoms with E-state index in [2.05, 4.69) is 15.2 Å². The molecule has 1 aromatic heterocycles. The van der Waals surface area contributed by atoms with Gasteiger partial charge in [0.1, 0.15) is 5.69 Å². The van der Waals surface area contributed by atoms with Gasteiger partial charge < -0.3 is 19.9 Å². The van der Waals surface area contributed by atoms with E-state index in [0.717, 1.165) is 56.8 Å². The first-order chi connectivity index (χ1) is 14.2. The SMILES string of the molecule is O=C(Nc1ccccc1N1CCOCC1)c1cc(C(=O)N2CCCCC2)ccn1. The number of rotatable bonds is 4. The van der Waals surface area contributed by atoms with E-state index in [1.807, 2.05) is 29.2 Å². The maximum absolute atomic E-state index is 12.9. The highest BCUT2D eigenvalue weighted by Crippen LogP contribution is 2.26. The number of pyridine rings is 1. The zero-order valence-corrected chi connectivity index (χ0v) is 16.5. The number of anilines is 2. The number of nitrogens with one attached hydrogen (secondary N) is 1. The third-order valence-electron chi connectivity index (χ3n) is 5.39. The molecule has 2 aliphatic rings. The fourth-order valence-corrected chi connectivity index (χ4v) is 3.81. The summed E-state index contributed by atoms with van der Waals surface area (Å²) in [6.07, 6.45) is 4.75. The van der Waals surface area contributed by atoms with Gasteiger partial charge in [-0.3, -0.25) is 14.6 Å². The number of amides is 2. The fraction of sp³-hybridized carbons (Fsp3) is 0.409. The van der Waals surface area contributed by atoms with Crippen molar-refractivity contribution in [2.45, 2.75) is 19.3 Å². The van der Waals surface area contributed by atoms with Gasteiger partial charge in [0.15, 0.2) is 0 Å². The first-order valence-corrected chi connectivity index (χ1v) is 10.2. The smallest absolute Gasteiger partial charge is 0.274 e. The molecule has 2 amide bonds. The first kappa shape index (κ1) is 19.4. The van der Waals surface area contributed by atoms with Crippen molar-refractivity contribution in [2.75, 3.05) is 49.6 Å². The number of piperidine rings is 1. The van der Waals surface area contributed by atoms with Crippen LogP contribution in [0.2, 0.25) is 0 Å². The molecule has 7 nitrogen and oxygen atoms in total. The molecule has 0 saturated carbocycles. The molecule has 29 heavy (non-hydrogen) atoms. The van der Waals surface area contributed by atoms with Gasteiger partial charge >= 0.3 is 0 Å². The van der Waals surface area contributed by atoms with E-state index < -0.39 is 0 Å². The Labute approximate surface area is 170 Å². The average molecular weight is 394 g/mol. The number of hydrogen-bond acceptors (Lipinski definition) is 5. The largest absolute Gasteiger partial charge is 0.378 e. The van der Waals surface area contributed by atoms with Crippen LogP contribution in [0.15, 0.2) is 42.6 Å². The number of morpholine rings is 1. The third-order valence-corrected chi connectivity index (χ3v) is 5.39. The number of benzene rings is 1. The highest BCUT2D eigenvalue weighted by atomic mass is 16.5. The molecule has 2 saturated heterocycles. The van der Waals surface area contributed by atoms with E-state index in [1.54, 1.807) is 12.1 Å². The van der Waals surface area contributed by atoms with E-state index in [4.69, 9.17) is 4.74 Å². The van der Waals surface area contributed by atoms with Crippen molar-refractivity contribution in [3.8, 4) is 0 Å². The van der Waals surface area contributed by atoms with Crippen molar-refractivity contribution in [2.24, 2.45) is 0 Å². The van der Waals surface area contributed by atoms with Crippen LogP contribution >= 0.6 is 0 Å². The molecule has 0 unspecified atom stereocenters. The van der Waals surface area contributed by atoms with E-state index in [0.29, 0.717) is 18.8 Å². The minimum Gasteiger partial charge on any atom is -0.378 e. The van der Waals surface area contributed by atoms with E-state index >= 15 is 0 Å². The van der Waals surface area contributed by atoms with Crippen molar-refractivity contribution in [3.05, 3.63) is 53.9 Å². The number of hydrogen-bond donors (Lipinski definition) is 1. The summed E-state index contributed by atoms with van der Waals surface area (Å²) in [5.74, 6) is -0.353. The van der Waals surface area contributed by atoms with Gasteiger partial charge in [0.05, 0.1) is 24.6 Å². The Morgan fingerprint density at radius 1 is 0.966 bits per heavy atom. The number of likely N-dealkylation sites (tertiary alicyclic amines) is 1. The third kappa shape index (κ3) is 4.56. The van der Waals surface area contributed by atoms with Gasteiger partial charge in [-0.15, -0.1) is 0 Å². The van der Waals surface area contributed by atoms with Crippen molar-refractivity contribution in [3.63, 3.8) is 0 Å². The summed E-state index contributed by atoms with van der Waals surface area (Å²) in [4.78, 5) is 33.8. The number of aromatic nitrogens is 1. The first-order valence-electron chi connectivity index (χ1n) is 10.2. The van der Waals surface area contributed by atoms with Crippen molar-refractivity contribution < 1.29 is 14.3 Å². The minimum atomic E-state index is -0.320. The number of ether oxygens (including phenoxy) is 1. The second-order valence-electron chi connectivity index (χ2n) is 7.35. The van der Waals surface area contributed by atoms with Crippen LogP contribution in [0.25, 0.3) is 0 Å². The van der Waals surface area contributed by atoms with Gasteiger partial charge in [-0.25, -0.2) is 0 Å². The fourth-order valence-electron chi connectivity index (χ4n) is 3.81. The predicted octanol–water partition coefficient (Wildman–Crippen LogP) is 2.80. The summed E-state index contributed by atoms with van der Waals surface area (Å²) >= 11 is 0. The molecule has 1 N–H and O–H groups in total. The van der Waals surface area contributed by atoms with Gasteiger partial charge in [0.25, 0.3) is 11.8 Å². The minimum absolute atomic E-state index is 0.0325. The Morgan fingerprint density at radius 3 is 2.52 bits per heavy atom. The molecular formula is C22H26N4O3. The number of carbonyl (C=O) groups excluding carboxylic acids is 2. The molecule has 7 heteroatoms. The molecule has 1 aromatic carbocycles. The number of carbonyl (C=O) groups is 2. The van der Waals surface area contributed by atoms with E-state index in [-0.39, 0.29) is 17.5 Å². The molecule has 0 bridgehead atoms. The lowest BCUT2D eigenvalue weighted by atomic mass is 10.1. The summed E-state index contributed by atoms with van der Waals surface area (Å²) < 4.78 is 5.42. The maximum atomic E-state index is 12.9. The molecule has 2 fully saturated rings. The molecular weight excluding hydrogens is 368 g/mol. The Bertz CT molecular complexity index is 874. The highest BCUT2D eigenvalue weighted by Gasteiger charge is 2.21. The summed E-state index contributed by atoms with van der Waals surface area (Å²) in [7, 11) is 0. The molecule has 2 aliphatic heterocycles. The van der Waals surface area contributed by atoms with Gasteiger partial charge in [-0.05, 0) is 43.5 Å². The number of para-hydroxylation sites is 2. The summed E-state index contributed by atoms with van der Waals surface area (Å²) in [5.41, 5.74) is 2.44. The molecule has 0 aliphatic carbocycles. The quantitative estimate of drug-likeness (QED) is 0.863. The van der Waals surface area contributed by atoms with Gasteiger partial charge in [-0.1, -0.05) is 12.1 Å². The van der Waals surface area contributed by atoms with Crippen LogP contribution in [-0.4, -0.2) is 61.1 Å².